The first-order valence-corrected chi connectivity index (χ1v) is 7.38. The lowest BCUT2D eigenvalue weighted by molar-refractivity contribution is -0.135. The van der Waals surface area contributed by atoms with Crippen LogP contribution in [-0.2, 0) is 4.79 Å². The number of nitrogens with one attached hydrogen (secondary N) is 1. The van der Waals surface area contributed by atoms with Crippen molar-refractivity contribution >= 4 is 5.91 Å². The van der Waals surface area contributed by atoms with Crippen LogP contribution in [0.1, 0.15) is 45.4 Å². The predicted molar refractivity (Wildman–Crippen MR) is 71.2 cm³/mol. The smallest absolute Gasteiger partial charge is 0.239 e. The van der Waals surface area contributed by atoms with Gasteiger partial charge in [0.2, 0.25) is 5.91 Å². The van der Waals surface area contributed by atoms with Crippen molar-refractivity contribution in [1.29, 1.82) is 0 Å². The monoisotopic (exact) mass is 254 g/mol. The third-order valence-electron chi connectivity index (χ3n) is 4.39. The molecule has 0 saturated carbocycles. The SMILES string of the molecule is CC(O)C1CCN(C(=O)C2CCCCCN2)CC1. The topological polar surface area (TPSA) is 52.6 Å². The van der Waals surface area contributed by atoms with E-state index in [2.05, 4.69) is 5.32 Å². The van der Waals surface area contributed by atoms with E-state index in [1.807, 2.05) is 11.8 Å². The Balaban J connectivity index is 1.82. The molecule has 0 aromatic rings. The molecule has 0 bridgehead atoms. The highest BCUT2D eigenvalue weighted by Gasteiger charge is 2.29. The van der Waals surface area contributed by atoms with Crippen LogP contribution >= 0.6 is 0 Å². The molecule has 2 N–H and O–H groups in total. The predicted octanol–water partition coefficient (Wildman–Crippen LogP) is 1.14. The van der Waals surface area contributed by atoms with E-state index < -0.39 is 0 Å². The van der Waals surface area contributed by atoms with Crippen molar-refractivity contribution in [2.75, 3.05) is 19.6 Å². The Labute approximate surface area is 110 Å². The van der Waals surface area contributed by atoms with Gasteiger partial charge in [0.25, 0.3) is 0 Å². The number of rotatable bonds is 2. The van der Waals surface area contributed by atoms with Crippen LogP contribution in [0, 0.1) is 5.92 Å². The van der Waals surface area contributed by atoms with Crippen molar-refractivity contribution in [2.24, 2.45) is 5.92 Å². The van der Waals surface area contributed by atoms with E-state index in [-0.39, 0.29) is 18.1 Å². The van der Waals surface area contributed by atoms with Crippen molar-refractivity contribution in [1.82, 2.24) is 10.2 Å². The largest absolute Gasteiger partial charge is 0.393 e. The summed E-state index contributed by atoms with van der Waals surface area (Å²) in [6, 6.07) is 0.0376. The molecular formula is C14H26N2O2. The fraction of sp³-hybridized carbons (Fsp3) is 0.929. The Morgan fingerprint density at radius 2 is 1.94 bits per heavy atom. The van der Waals surface area contributed by atoms with Gasteiger partial charge in [-0.15, -0.1) is 0 Å². The Morgan fingerprint density at radius 3 is 2.61 bits per heavy atom. The van der Waals surface area contributed by atoms with Crippen LogP contribution in [0.3, 0.4) is 0 Å². The molecule has 2 unspecified atom stereocenters. The number of carbonyl (C=O) groups is 1. The number of hydrogen-bond acceptors (Lipinski definition) is 3. The molecule has 0 radical (unpaired) electrons. The summed E-state index contributed by atoms with van der Waals surface area (Å²) in [5.74, 6) is 0.650. The first-order chi connectivity index (χ1) is 8.68. The summed E-state index contributed by atoms with van der Waals surface area (Å²) in [5, 5.41) is 12.9. The second kappa shape index (κ2) is 6.53. The minimum atomic E-state index is -0.238. The summed E-state index contributed by atoms with van der Waals surface area (Å²) in [5.41, 5.74) is 0. The van der Waals surface area contributed by atoms with E-state index in [0.717, 1.165) is 45.3 Å². The lowest BCUT2D eigenvalue weighted by Gasteiger charge is -2.35. The van der Waals surface area contributed by atoms with Crippen LogP contribution in [0.4, 0.5) is 0 Å². The Bertz CT molecular complexity index is 265. The summed E-state index contributed by atoms with van der Waals surface area (Å²) in [6.07, 6.45) is 6.21. The summed E-state index contributed by atoms with van der Waals surface area (Å²) in [4.78, 5) is 14.4. The van der Waals surface area contributed by atoms with Crippen LogP contribution in [-0.4, -0.2) is 47.7 Å². The zero-order chi connectivity index (χ0) is 13.0. The molecule has 0 aromatic carbocycles. The van der Waals surface area contributed by atoms with Gasteiger partial charge >= 0.3 is 0 Å². The molecule has 2 heterocycles. The second-order valence-electron chi connectivity index (χ2n) is 5.76. The molecule has 0 aliphatic carbocycles. The molecule has 2 aliphatic rings. The first kappa shape index (κ1) is 13.8. The number of likely N-dealkylation sites (tertiary alicyclic amines) is 1. The van der Waals surface area contributed by atoms with Gasteiger partial charge in [0.05, 0.1) is 12.1 Å². The number of aliphatic hydroxyl groups excluding tert-OH is 1. The molecule has 2 aliphatic heterocycles. The molecular weight excluding hydrogens is 228 g/mol. The number of piperidine rings is 1. The van der Waals surface area contributed by atoms with Gasteiger partial charge < -0.3 is 15.3 Å². The lowest BCUT2D eigenvalue weighted by Crippen LogP contribution is -2.49. The Kier molecular flexibility index (Phi) is 5.01. The standard InChI is InChI=1S/C14H26N2O2/c1-11(17)12-6-9-16(10-7-12)14(18)13-5-3-2-4-8-15-13/h11-13,15,17H,2-10H2,1H3. The van der Waals surface area contributed by atoms with Crippen molar-refractivity contribution in [3.8, 4) is 0 Å². The molecule has 4 heteroatoms. The normalized spacial score (nSPS) is 28.8. The highest BCUT2D eigenvalue weighted by Crippen LogP contribution is 2.22. The van der Waals surface area contributed by atoms with Gasteiger partial charge in [-0.05, 0) is 45.1 Å². The summed E-state index contributed by atoms with van der Waals surface area (Å²) in [6.45, 7) is 4.45. The summed E-state index contributed by atoms with van der Waals surface area (Å²) in [7, 11) is 0. The van der Waals surface area contributed by atoms with E-state index >= 15 is 0 Å². The van der Waals surface area contributed by atoms with Gasteiger partial charge in [-0.1, -0.05) is 12.8 Å². The van der Waals surface area contributed by atoms with E-state index in [4.69, 9.17) is 0 Å². The zero-order valence-electron chi connectivity index (χ0n) is 11.4. The number of hydrogen-bond donors (Lipinski definition) is 2. The number of nitrogens with zero attached hydrogens (tertiary/aromatic N) is 1. The van der Waals surface area contributed by atoms with E-state index in [0.29, 0.717) is 5.92 Å². The van der Waals surface area contributed by atoms with Crippen LogP contribution in [0.5, 0.6) is 0 Å². The summed E-state index contributed by atoms with van der Waals surface area (Å²) < 4.78 is 0. The molecule has 104 valence electrons. The minimum absolute atomic E-state index is 0.0376. The van der Waals surface area contributed by atoms with Crippen molar-refractivity contribution in [3.63, 3.8) is 0 Å². The Hall–Kier alpha value is -0.610. The van der Waals surface area contributed by atoms with E-state index in [9.17, 15) is 9.90 Å². The number of carbonyl (C=O) groups excluding carboxylic acids is 1. The third kappa shape index (κ3) is 3.45. The maximum Gasteiger partial charge on any atom is 0.239 e. The molecule has 2 fully saturated rings. The molecule has 18 heavy (non-hydrogen) atoms. The fourth-order valence-corrected chi connectivity index (χ4v) is 3.06. The third-order valence-corrected chi connectivity index (χ3v) is 4.39. The van der Waals surface area contributed by atoms with Gasteiger partial charge in [0.1, 0.15) is 0 Å². The second-order valence-corrected chi connectivity index (χ2v) is 5.76. The zero-order valence-corrected chi connectivity index (χ0v) is 11.4. The lowest BCUT2D eigenvalue weighted by atomic mass is 9.92. The highest BCUT2D eigenvalue weighted by molar-refractivity contribution is 5.82. The van der Waals surface area contributed by atoms with Crippen molar-refractivity contribution in [2.45, 2.75) is 57.6 Å². The molecule has 4 nitrogen and oxygen atoms in total. The molecule has 0 spiro atoms. The molecule has 1 amide bonds. The molecule has 2 atom stereocenters. The maximum absolute atomic E-state index is 12.4. The average molecular weight is 254 g/mol. The van der Waals surface area contributed by atoms with E-state index in [1.165, 1.54) is 12.8 Å². The number of amides is 1. The first-order valence-electron chi connectivity index (χ1n) is 7.38. The molecule has 2 rings (SSSR count). The van der Waals surface area contributed by atoms with Crippen LogP contribution in [0.2, 0.25) is 0 Å². The molecule has 2 saturated heterocycles. The van der Waals surface area contributed by atoms with Gasteiger partial charge in [-0.2, -0.15) is 0 Å². The van der Waals surface area contributed by atoms with Crippen molar-refractivity contribution in [3.05, 3.63) is 0 Å². The molecule has 0 aromatic heterocycles. The van der Waals surface area contributed by atoms with E-state index in [1.54, 1.807) is 0 Å². The van der Waals surface area contributed by atoms with Crippen LogP contribution in [0.25, 0.3) is 0 Å². The Morgan fingerprint density at radius 1 is 1.22 bits per heavy atom. The highest BCUT2D eigenvalue weighted by atomic mass is 16.3. The maximum atomic E-state index is 12.4. The van der Waals surface area contributed by atoms with Gasteiger partial charge in [0, 0.05) is 13.1 Å². The average Bonchev–Trinajstić information content (AvgIpc) is 2.67. The van der Waals surface area contributed by atoms with Crippen LogP contribution in [0.15, 0.2) is 0 Å². The summed E-state index contributed by atoms with van der Waals surface area (Å²) >= 11 is 0. The van der Waals surface area contributed by atoms with Gasteiger partial charge in [-0.25, -0.2) is 0 Å². The van der Waals surface area contributed by atoms with Crippen LogP contribution < -0.4 is 5.32 Å². The van der Waals surface area contributed by atoms with Gasteiger partial charge in [0.15, 0.2) is 0 Å². The number of aliphatic hydroxyl groups is 1. The van der Waals surface area contributed by atoms with Gasteiger partial charge in [-0.3, -0.25) is 4.79 Å². The fourth-order valence-electron chi connectivity index (χ4n) is 3.06. The van der Waals surface area contributed by atoms with Crippen molar-refractivity contribution < 1.29 is 9.90 Å². The quantitative estimate of drug-likeness (QED) is 0.777. The minimum Gasteiger partial charge on any atom is -0.393 e.